The molecule has 1 aromatic carbocycles. The number of carbonyl (C=O) groups excluding carboxylic acids is 1. The highest BCUT2D eigenvalue weighted by Gasteiger charge is 2.17. The Kier molecular flexibility index (Phi) is 4.74. The number of carbonyl (C=O) groups is 1. The van der Waals surface area contributed by atoms with Gasteiger partial charge < -0.3 is 9.73 Å². The summed E-state index contributed by atoms with van der Waals surface area (Å²) >= 11 is 0. The Morgan fingerprint density at radius 2 is 2.12 bits per heavy atom. The molecule has 6 heteroatoms. The molecule has 0 spiro atoms. The number of aryl methyl sites for hydroxylation is 1. The molecule has 0 unspecified atom stereocenters. The van der Waals surface area contributed by atoms with Crippen LogP contribution in [0, 0.1) is 5.82 Å². The molecule has 1 amide bonds. The second-order valence-electron chi connectivity index (χ2n) is 5.39. The van der Waals surface area contributed by atoms with Crippen LogP contribution in [0.5, 0.6) is 0 Å². The number of halogens is 1. The molecule has 1 N–H and O–H groups in total. The summed E-state index contributed by atoms with van der Waals surface area (Å²) in [5.74, 6) is -0.0267. The second kappa shape index (κ2) is 7.12. The topological polar surface area (TPSA) is 60.1 Å². The van der Waals surface area contributed by atoms with E-state index in [-0.39, 0.29) is 18.3 Å². The minimum Gasteiger partial charge on any atom is -0.463 e. The lowest BCUT2D eigenvalue weighted by molar-refractivity contribution is 0.0939. The first-order valence-electron chi connectivity index (χ1n) is 7.82. The molecule has 0 saturated heterocycles. The maximum absolute atomic E-state index is 13.7. The lowest BCUT2D eigenvalue weighted by Crippen LogP contribution is -2.26. The van der Waals surface area contributed by atoms with E-state index in [1.807, 2.05) is 6.92 Å². The van der Waals surface area contributed by atoms with Crippen LogP contribution in [-0.2, 0) is 13.1 Å². The smallest absolute Gasteiger partial charge is 0.269 e. The highest BCUT2D eigenvalue weighted by atomic mass is 19.1. The number of rotatable bonds is 6. The summed E-state index contributed by atoms with van der Waals surface area (Å²) in [6, 6.07) is 11.6. The Bertz CT molecular complexity index is 825. The van der Waals surface area contributed by atoms with Crippen LogP contribution >= 0.6 is 0 Å². The van der Waals surface area contributed by atoms with Crippen LogP contribution in [0.4, 0.5) is 4.39 Å². The summed E-state index contributed by atoms with van der Waals surface area (Å²) in [6.45, 7) is 2.75. The van der Waals surface area contributed by atoms with Crippen molar-refractivity contribution < 1.29 is 13.6 Å². The maximum atomic E-state index is 13.7. The number of nitrogens with one attached hydrogen (secondary N) is 1. The van der Waals surface area contributed by atoms with Gasteiger partial charge in [0.05, 0.1) is 6.26 Å². The van der Waals surface area contributed by atoms with Crippen molar-refractivity contribution >= 4 is 5.91 Å². The summed E-state index contributed by atoms with van der Waals surface area (Å²) in [5, 5.41) is 7.17. The Morgan fingerprint density at radius 1 is 1.29 bits per heavy atom. The van der Waals surface area contributed by atoms with E-state index in [4.69, 9.17) is 4.42 Å². The van der Waals surface area contributed by atoms with Gasteiger partial charge in [0.15, 0.2) is 5.76 Å². The van der Waals surface area contributed by atoms with Gasteiger partial charge in [-0.15, -0.1) is 0 Å². The summed E-state index contributed by atoms with van der Waals surface area (Å²) in [5.41, 5.74) is 1.47. The lowest BCUT2D eigenvalue weighted by Gasteiger charge is -2.08. The van der Waals surface area contributed by atoms with Crippen molar-refractivity contribution in [1.82, 2.24) is 15.1 Å². The van der Waals surface area contributed by atoms with Gasteiger partial charge in [0.1, 0.15) is 17.2 Å². The van der Waals surface area contributed by atoms with Crippen LogP contribution in [0.1, 0.15) is 29.4 Å². The van der Waals surface area contributed by atoms with Gasteiger partial charge in [-0.2, -0.15) is 5.10 Å². The van der Waals surface area contributed by atoms with Gasteiger partial charge in [0.25, 0.3) is 5.91 Å². The maximum Gasteiger partial charge on any atom is 0.269 e. The van der Waals surface area contributed by atoms with Crippen LogP contribution in [0.25, 0.3) is 11.5 Å². The van der Waals surface area contributed by atoms with E-state index in [2.05, 4.69) is 10.4 Å². The molecule has 5 nitrogen and oxygen atoms in total. The average Bonchev–Trinajstić information content (AvgIpc) is 3.23. The molecule has 0 bridgehead atoms. The first-order valence-corrected chi connectivity index (χ1v) is 7.82. The summed E-state index contributed by atoms with van der Waals surface area (Å²) in [4.78, 5) is 12.5. The Hall–Kier alpha value is -2.89. The zero-order valence-corrected chi connectivity index (χ0v) is 13.3. The average molecular weight is 327 g/mol. The standard InChI is InChI=1S/C18H18FN3O2/c1-2-9-22-16(11-15(21-22)17-8-5-10-24-17)18(23)20-12-13-6-3-4-7-14(13)19/h3-8,10-11H,2,9,12H2,1H3,(H,20,23). The Balaban J connectivity index is 1.79. The SMILES string of the molecule is CCCn1nc(-c2ccco2)cc1C(=O)NCc1ccccc1F. The molecular formula is C18H18FN3O2. The van der Waals surface area contributed by atoms with Crippen LogP contribution in [-0.4, -0.2) is 15.7 Å². The lowest BCUT2D eigenvalue weighted by atomic mass is 10.2. The van der Waals surface area contributed by atoms with Crippen molar-refractivity contribution in [2.45, 2.75) is 26.4 Å². The van der Waals surface area contributed by atoms with Gasteiger partial charge in [-0.3, -0.25) is 9.48 Å². The molecule has 0 saturated carbocycles. The van der Waals surface area contributed by atoms with E-state index in [1.54, 1.807) is 47.3 Å². The predicted octanol–water partition coefficient (Wildman–Crippen LogP) is 3.62. The third kappa shape index (κ3) is 3.37. The first-order chi connectivity index (χ1) is 11.7. The fourth-order valence-corrected chi connectivity index (χ4v) is 2.43. The van der Waals surface area contributed by atoms with Crippen molar-refractivity contribution in [3.8, 4) is 11.5 Å². The van der Waals surface area contributed by atoms with E-state index >= 15 is 0 Å². The molecule has 0 aliphatic carbocycles. The minimum atomic E-state index is -0.337. The van der Waals surface area contributed by atoms with Crippen molar-refractivity contribution in [1.29, 1.82) is 0 Å². The van der Waals surface area contributed by atoms with Crippen LogP contribution in [0.3, 0.4) is 0 Å². The zero-order chi connectivity index (χ0) is 16.9. The number of hydrogen-bond donors (Lipinski definition) is 1. The molecular weight excluding hydrogens is 309 g/mol. The van der Waals surface area contributed by atoms with Gasteiger partial charge >= 0.3 is 0 Å². The number of amides is 1. The number of hydrogen-bond acceptors (Lipinski definition) is 3. The third-order valence-corrected chi connectivity index (χ3v) is 3.62. The Labute approximate surface area is 139 Å². The molecule has 0 atom stereocenters. The molecule has 0 aliphatic heterocycles. The first kappa shape index (κ1) is 16.0. The fraction of sp³-hybridized carbons (Fsp3) is 0.222. The van der Waals surface area contributed by atoms with E-state index in [9.17, 15) is 9.18 Å². The molecule has 0 aliphatic rings. The fourth-order valence-electron chi connectivity index (χ4n) is 2.43. The molecule has 124 valence electrons. The Morgan fingerprint density at radius 3 is 2.83 bits per heavy atom. The molecule has 2 heterocycles. The van der Waals surface area contributed by atoms with Crippen LogP contribution in [0.2, 0.25) is 0 Å². The number of benzene rings is 1. The molecule has 3 aromatic rings. The second-order valence-corrected chi connectivity index (χ2v) is 5.39. The van der Waals surface area contributed by atoms with Crippen LogP contribution < -0.4 is 5.32 Å². The number of aromatic nitrogens is 2. The molecule has 24 heavy (non-hydrogen) atoms. The molecule has 0 radical (unpaired) electrons. The molecule has 3 rings (SSSR count). The third-order valence-electron chi connectivity index (χ3n) is 3.62. The van der Waals surface area contributed by atoms with Crippen molar-refractivity contribution in [3.63, 3.8) is 0 Å². The predicted molar refractivity (Wildman–Crippen MR) is 87.8 cm³/mol. The van der Waals surface area contributed by atoms with Gasteiger partial charge in [-0.1, -0.05) is 25.1 Å². The van der Waals surface area contributed by atoms with Crippen molar-refractivity contribution in [2.24, 2.45) is 0 Å². The quantitative estimate of drug-likeness (QED) is 0.752. The molecule has 0 fully saturated rings. The van der Waals surface area contributed by atoms with Gasteiger partial charge in [0.2, 0.25) is 0 Å². The van der Waals surface area contributed by atoms with Crippen LogP contribution in [0.15, 0.2) is 53.1 Å². The van der Waals surface area contributed by atoms with Gasteiger partial charge in [0, 0.05) is 24.7 Å². The normalized spacial score (nSPS) is 10.8. The van der Waals surface area contributed by atoms with E-state index in [1.165, 1.54) is 6.07 Å². The number of nitrogens with zero attached hydrogens (tertiary/aromatic N) is 2. The monoisotopic (exact) mass is 327 g/mol. The highest BCUT2D eigenvalue weighted by molar-refractivity contribution is 5.93. The summed E-state index contributed by atoms with van der Waals surface area (Å²) in [7, 11) is 0. The van der Waals surface area contributed by atoms with E-state index in [0.29, 0.717) is 29.3 Å². The van der Waals surface area contributed by atoms with Crippen molar-refractivity contribution in [3.05, 3.63) is 65.8 Å². The van der Waals surface area contributed by atoms with Gasteiger partial charge in [-0.25, -0.2) is 4.39 Å². The minimum absolute atomic E-state index is 0.124. The van der Waals surface area contributed by atoms with E-state index in [0.717, 1.165) is 6.42 Å². The molecule has 2 aromatic heterocycles. The number of furan rings is 1. The zero-order valence-electron chi connectivity index (χ0n) is 13.3. The largest absolute Gasteiger partial charge is 0.463 e. The summed E-state index contributed by atoms with van der Waals surface area (Å²) < 4.78 is 20.6. The van der Waals surface area contributed by atoms with Crippen molar-refractivity contribution in [2.75, 3.05) is 0 Å². The van der Waals surface area contributed by atoms with E-state index < -0.39 is 0 Å². The van der Waals surface area contributed by atoms with Gasteiger partial charge in [-0.05, 0) is 24.6 Å². The highest BCUT2D eigenvalue weighted by Crippen LogP contribution is 2.20. The summed E-state index contributed by atoms with van der Waals surface area (Å²) in [6.07, 6.45) is 2.40.